The molecule has 0 aliphatic rings. The smallest absolute Gasteiger partial charge is 0.191 e. The molecule has 1 aromatic carbocycles. The molecule has 0 aromatic heterocycles. The highest BCUT2D eigenvalue weighted by molar-refractivity contribution is 14.0. The molecular formula is C18H32IN3O2. The third kappa shape index (κ3) is 11.5. The van der Waals surface area contributed by atoms with Gasteiger partial charge in [-0.1, -0.05) is 17.7 Å². The Bertz CT molecular complexity index is 438. The van der Waals surface area contributed by atoms with Crippen LogP contribution in [0.3, 0.4) is 0 Å². The minimum absolute atomic E-state index is 0. The number of unbranched alkanes of at least 4 members (excludes halogenated alkanes) is 2. The average molecular weight is 449 g/mol. The normalized spacial score (nSPS) is 10.9. The number of hydrogen-bond donors (Lipinski definition) is 2. The Morgan fingerprint density at radius 3 is 2.46 bits per heavy atom. The van der Waals surface area contributed by atoms with Crippen molar-refractivity contribution in [3.8, 4) is 5.75 Å². The van der Waals surface area contributed by atoms with Crippen molar-refractivity contribution in [2.75, 3.05) is 40.0 Å². The number of nitrogens with one attached hydrogen (secondary N) is 2. The Labute approximate surface area is 163 Å². The lowest BCUT2D eigenvalue weighted by molar-refractivity contribution is 0.192. The van der Waals surface area contributed by atoms with Crippen LogP contribution in [0.5, 0.6) is 5.75 Å². The molecule has 24 heavy (non-hydrogen) atoms. The van der Waals surface area contributed by atoms with E-state index in [1.807, 2.05) is 12.1 Å². The van der Waals surface area contributed by atoms with E-state index in [4.69, 9.17) is 9.47 Å². The first kappa shape index (κ1) is 23.0. The van der Waals surface area contributed by atoms with Crippen LogP contribution >= 0.6 is 24.0 Å². The molecule has 0 aliphatic heterocycles. The standard InChI is InChI=1S/C18H31N3O2.HI/c1-4-19-18(20-12-6-5-7-14-22-3)21-13-15-23-17-10-8-16(2)9-11-17;/h8-11H,4-7,12-15H2,1-3H3,(H2,19,20,21);1H. The number of halogens is 1. The van der Waals surface area contributed by atoms with Crippen molar-refractivity contribution in [1.29, 1.82) is 0 Å². The van der Waals surface area contributed by atoms with E-state index in [9.17, 15) is 0 Å². The molecular weight excluding hydrogens is 417 g/mol. The number of guanidine groups is 1. The molecule has 0 unspecified atom stereocenters. The monoisotopic (exact) mass is 449 g/mol. The van der Waals surface area contributed by atoms with Crippen LogP contribution < -0.4 is 15.4 Å². The van der Waals surface area contributed by atoms with Gasteiger partial charge in [0.2, 0.25) is 0 Å². The molecule has 0 radical (unpaired) electrons. The summed E-state index contributed by atoms with van der Waals surface area (Å²) in [6.07, 6.45) is 3.33. The fourth-order valence-electron chi connectivity index (χ4n) is 2.04. The minimum atomic E-state index is 0. The van der Waals surface area contributed by atoms with E-state index < -0.39 is 0 Å². The zero-order valence-corrected chi connectivity index (χ0v) is 17.5. The number of hydrogen-bond acceptors (Lipinski definition) is 3. The summed E-state index contributed by atoms with van der Waals surface area (Å²) in [6.45, 7) is 7.99. The van der Waals surface area contributed by atoms with E-state index in [0.29, 0.717) is 6.61 Å². The van der Waals surface area contributed by atoms with Crippen LogP contribution in [-0.2, 0) is 4.74 Å². The molecule has 1 rings (SSSR count). The van der Waals surface area contributed by atoms with Gasteiger partial charge in [-0.15, -0.1) is 24.0 Å². The zero-order valence-electron chi connectivity index (χ0n) is 15.1. The van der Waals surface area contributed by atoms with Gasteiger partial charge in [-0.05, 0) is 45.2 Å². The summed E-state index contributed by atoms with van der Waals surface area (Å²) in [5.74, 6) is 1.75. The van der Waals surface area contributed by atoms with Crippen molar-refractivity contribution in [2.45, 2.75) is 33.1 Å². The van der Waals surface area contributed by atoms with Crippen LogP contribution in [0.4, 0.5) is 0 Å². The Balaban J connectivity index is 0.00000529. The van der Waals surface area contributed by atoms with Crippen LogP contribution in [0, 0.1) is 6.92 Å². The SMILES string of the molecule is CCNC(=NCCCCCOC)NCCOc1ccc(C)cc1.I. The Kier molecular flexibility index (Phi) is 14.8. The summed E-state index contributed by atoms with van der Waals surface area (Å²) >= 11 is 0. The third-order valence-corrected chi connectivity index (χ3v) is 3.30. The lowest BCUT2D eigenvalue weighted by atomic mass is 10.2. The second-order valence-corrected chi connectivity index (χ2v) is 5.40. The minimum Gasteiger partial charge on any atom is -0.492 e. The Hall–Kier alpha value is -1.02. The molecule has 0 spiro atoms. The molecule has 138 valence electrons. The van der Waals surface area contributed by atoms with E-state index >= 15 is 0 Å². The Morgan fingerprint density at radius 2 is 1.79 bits per heavy atom. The van der Waals surface area contributed by atoms with Gasteiger partial charge in [0.25, 0.3) is 0 Å². The van der Waals surface area contributed by atoms with Gasteiger partial charge in [-0.3, -0.25) is 4.99 Å². The molecule has 5 nitrogen and oxygen atoms in total. The van der Waals surface area contributed by atoms with Crippen molar-refractivity contribution in [1.82, 2.24) is 10.6 Å². The maximum Gasteiger partial charge on any atom is 0.191 e. The van der Waals surface area contributed by atoms with E-state index in [0.717, 1.165) is 57.2 Å². The summed E-state index contributed by atoms with van der Waals surface area (Å²) in [5.41, 5.74) is 1.24. The van der Waals surface area contributed by atoms with Gasteiger partial charge in [-0.25, -0.2) is 0 Å². The predicted octanol–water partition coefficient (Wildman–Crippen LogP) is 3.36. The van der Waals surface area contributed by atoms with Crippen LogP contribution in [0.1, 0.15) is 31.7 Å². The van der Waals surface area contributed by atoms with Crippen LogP contribution in [-0.4, -0.2) is 45.9 Å². The van der Waals surface area contributed by atoms with Crippen molar-refractivity contribution in [2.24, 2.45) is 4.99 Å². The van der Waals surface area contributed by atoms with Crippen molar-refractivity contribution >= 4 is 29.9 Å². The first-order valence-corrected chi connectivity index (χ1v) is 8.47. The summed E-state index contributed by atoms with van der Waals surface area (Å²) in [6, 6.07) is 8.10. The summed E-state index contributed by atoms with van der Waals surface area (Å²) in [7, 11) is 1.74. The van der Waals surface area contributed by atoms with E-state index in [2.05, 4.69) is 41.6 Å². The van der Waals surface area contributed by atoms with Crippen LogP contribution in [0.2, 0.25) is 0 Å². The van der Waals surface area contributed by atoms with Gasteiger partial charge >= 0.3 is 0 Å². The van der Waals surface area contributed by atoms with Gasteiger partial charge in [0.05, 0.1) is 6.54 Å². The summed E-state index contributed by atoms with van der Waals surface area (Å²) in [5, 5.41) is 6.54. The van der Waals surface area contributed by atoms with E-state index in [1.165, 1.54) is 5.56 Å². The molecule has 0 bridgehead atoms. The van der Waals surface area contributed by atoms with E-state index in [-0.39, 0.29) is 24.0 Å². The molecule has 0 saturated heterocycles. The molecule has 1 aromatic rings. The summed E-state index contributed by atoms with van der Waals surface area (Å²) in [4.78, 5) is 4.57. The number of rotatable bonds is 11. The lowest BCUT2D eigenvalue weighted by Gasteiger charge is -2.12. The molecule has 0 atom stereocenters. The van der Waals surface area contributed by atoms with Crippen molar-refractivity contribution in [3.63, 3.8) is 0 Å². The number of ether oxygens (including phenoxy) is 2. The summed E-state index contributed by atoms with van der Waals surface area (Å²) < 4.78 is 10.7. The van der Waals surface area contributed by atoms with E-state index in [1.54, 1.807) is 7.11 Å². The van der Waals surface area contributed by atoms with Gasteiger partial charge in [0, 0.05) is 26.8 Å². The number of aliphatic imine (C=N–C) groups is 1. The topological polar surface area (TPSA) is 54.9 Å². The van der Waals surface area contributed by atoms with Gasteiger partial charge in [0.15, 0.2) is 5.96 Å². The maximum atomic E-state index is 5.70. The average Bonchev–Trinajstić information content (AvgIpc) is 2.56. The zero-order chi connectivity index (χ0) is 16.8. The fraction of sp³-hybridized carbons (Fsp3) is 0.611. The van der Waals surface area contributed by atoms with Crippen LogP contribution in [0.15, 0.2) is 29.3 Å². The Morgan fingerprint density at radius 1 is 1.04 bits per heavy atom. The van der Waals surface area contributed by atoms with Crippen molar-refractivity contribution in [3.05, 3.63) is 29.8 Å². The van der Waals surface area contributed by atoms with Crippen LogP contribution in [0.25, 0.3) is 0 Å². The molecule has 6 heteroatoms. The molecule has 0 aliphatic carbocycles. The highest BCUT2D eigenvalue weighted by Crippen LogP contribution is 2.10. The first-order valence-electron chi connectivity index (χ1n) is 8.47. The fourth-order valence-corrected chi connectivity index (χ4v) is 2.04. The second-order valence-electron chi connectivity index (χ2n) is 5.40. The molecule has 0 amide bonds. The lowest BCUT2D eigenvalue weighted by Crippen LogP contribution is -2.39. The highest BCUT2D eigenvalue weighted by atomic mass is 127. The third-order valence-electron chi connectivity index (χ3n) is 3.30. The number of nitrogens with zero attached hydrogens (tertiary/aromatic N) is 1. The molecule has 2 N–H and O–H groups in total. The molecule has 0 saturated carbocycles. The largest absolute Gasteiger partial charge is 0.492 e. The predicted molar refractivity (Wildman–Crippen MR) is 112 cm³/mol. The quantitative estimate of drug-likeness (QED) is 0.236. The first-order chi connectivity index (χ1) is 11.3. The van der Waals surface area contributed by atoms with Gasteiger partial charge < -0.3 is 20.1 Å². The van der Waals surface area contributed by atoms with Crippen molar-refractivity contribution < 1.29 is 9.47 Å². The second kappa shape index (κ2) is 15.5. The molecule has 0 heterocycles. The molecule has 0 fully saturated rings. The number of aryl methyl sites for hydroxylation is 1. The maximum absolute atomic E-state index is 5.70. The van der Waals surface area contributed by atoms with Gasteiger partial charge in [0.1, 0.15) is 12.4 Å². The van der Waals surface area contributed by atoms with Gasteiger partial charge in [-0.2, -0.15) is 0 Å². The number of benzene rings is 1. The highest BCUT2D eigenvalue weighted by Gasteiger charge is 1.98. The number of methoxy groups -OCH3 is 1.